The van der Waals surface area contributed by atoms with Crippen LogP contribution in [0.5, 0.6) is 5.75 Å². The molecular weight excluding hydrogens is 411 g/mol. The summed E-state index contributed by atoms with van der Waals surface area (Å²) in [6, 6.07) is 5.05. The minimum atomic E-state index is -1.21. The third-order valence-electron chi connectivity index (χ3n) is 6.15. The van der Waals surface area contributed by atoms with Crippen LogP contribution < -0.4 is 0 Å². The number of carboxylic acid groups (broad SMARTS) is 1. The molecule has 1 aromatic heterocycles. The van der Waals surface area contributed by atoms with Gasteiger partial charge in [-0.05, 0) is 61.6 Å². The first kappa shape index (κ1) is 21.0. The first-order chi connectivity index (χ1) is 14.7. The summed E-state index contributed by atoms with van der Waals surface area (Å²) < 4.78 is 43.2. The van der Waals surface area contributed by atoms with E-state index in [9.17, 15) is 28.6 Å². The third kappa shape index (κ3) is 3.36. The number of carbonyl (C=O) groups excluding carboxylic acids is 1. The summed E-state index contributed by atoms with van der Waals surface area (Å²) in [5.74, 6) is -7.22. The highest BCUT2D eigenvalue weighted by Gasteiger charge is 2.37. The van der Waals surface area contributed by atoms with Crippen LogP contribution in [0.1, 0.15) is 53.2 Å². The molecule has 1 heterocycles. The fourth-order valence-electron chi connectivity index (χ4n) is 4.73. The fourth-order valence-corrected chi connectivity index (χ4v) is 4.73. The van der Waals surface area contributed by atoms with Gasteiger partial charge in [0.2, 0.25) is 0 Å². The van der Waals surface area contributed by atoms with Gasteiger partial charge in [0.1, 0.15) is 0 Å². The molecule has 3 aromatic rings. The van der Waals surface area contributed by atoms with Crippen LogP contribution in [-0.2, 0) is 4.79 Å². The van der Waals surface area contributed by atoms with Crippen molar-refractivity contribution in [1.29, 1.82) is 0 Å². The molecule has 5 nitrogen and oxygen atoms in total. The molecule has 162 valence electrons. The molecule has 1 unspecified atom stereocenters. The molecule has 0 radical (unpaired) electrons. The van der Waals surface area contributed by atoms with Gasteiger partial charge in [-0.3, -0.25) is 14.2 Å². The summed E-state index contributed by atoms with van der Waals surface area (Å²) in [4.78, 5) is 25.4. The topological polar surface area (TPSA) is 79.5 Å². The van der Waals surface area contributed by atoms with E-state index in [0.29, 0.717) is 12.8 Å². The number of aromatic hydroxyl groups is 1. The molecular formula is C23H20F3NO4. The number of carboxylic acids is 1. The zero-order chi connectivity index (χ0) is 22.4. The monoisotopic (exact) mass is 431 g/mol. The van der Waals surface area contributed by atoms with Crippen LogP contribution in [0.3, 0.4) is 0 Å². The number of phenolic OH excluding ortho intramolecular Hbond substituents is 1. The quantitative estimate of drug-likeness (QED) is 0.601. The largest absolute Gasteiger partial charge is 0.505 e. The number of aromatic nitrogens is 1. The highest BCUT2D eigenvalue weighted by molar-refractivity contribution is 6.05. The average molecular weight is 431 g/mol. The Kier molecular flexibility index (Phi) is 5.24. The zero-order valence-corrected chi connectivity index (χ0v) is 16.7. The predicted octanol–water partition coefficient (Wildman–Crippen LogP) is 5.12. The molecule has 1 saturated carbocycles. The summed E-state index contributed by atoms with van der Waals surface area (Å²) in [6.45, 7) is 1.49. The number of halogens is 3. The van der Waals surface area contributed by atoms with Gasteiger partial charge in [-0.15, -0.1) is 0 Å². The lowest BCUT2D eigenvalue weighted by Crippen LogP contribution is -2.21. The number of nitrogens with zero attached hydrogens (tertiary/aromatic N) is 1. The molecule has 8 heteroatoms. The number of phenols is 1. The van der Waals surface area contributed by atoms with Crippen molar-refractivity contribution in [3.05, 3.63) is 64.6 Å². The van der Waals surface area contributed by atoms with Gasteiger partial charge in [0.15, 0.2) is 23.2 Å². The van der Waals surface area contributed by atoms with Gasteiger partial charge in [-0.1, -0.05) is 12.8 Å². The summed E-state index contributed by atoms with van der Waals surface area (Å²) in [7, 11) is 0. The number of hydrogen-bond donors (Lipinski definition) is 2. The number of benzene rings is 2. The van der Waals surface area contributed by atoms with Crippen LogP contribution in [-0.4, -0.2) is 26.7 Å². The molecule has 0 bridgehead atoms. The lowest BCUT2D eigenvalue weighted by Gasteiger charge is -2.20. The van der Waals surface area contributed by atoms with Crippen molar-refractivity contribution >= 4 is 22.8 Å². The van der Waals surface area contributed by atoms with Crippen LogP contribution in [0.4, 0.5) is 13.2 Å². The molecule has 4 rings (SSSR count). The van der Waals surface area contributed by atoms with Gasteiger partial charge < -0.3 is 10.2 Å². The first-order valence-corrected chi connectivity index (χ1v) is 9.97. The Hall–Kier alpha value is -3.29. The Morgan fingerprint density at radius 3 is 2.35 bits per heavy atom. The number of carbonyl (C=O) groups is 2. The number of aliphatic carboxylic acids is 1. The lowest BCUT2D eigenvalue weighted by atomic mass is 9.83. The van der Waals surface area contributed by atoms with E-state index >= 15 is 4.39 Å². The van der Waals surface area contributed by atoms with E-state index in [-0.39, 0.29) is 33.6 Å². The standard InChI is InChI=1S/C23H20F3NO4/c1-11-18(19(23(30)31)12-4-2-3-5-12)20-16(8-9-17(28)21(20)26)27(11)22(29)13-6-7-14(24)15(25)10-13/h6-10,12,19,28H,2-5H2,1H3,(H,30,31). The van der Waals surface area contributed by atoms with Gasteiger partial charge in [0.25, 0.3) is 5.91 Å². The fraction of sp³-hybridized carbons (Fsp3) is 0.304. The van der Waals surface area contributed by atoms with E-state index in [4.69, 9.17) is 0 Å². The van der Waals surface area contributed by atoms with Crippen molar-refractivity contribution in [2.24, 2.45) is 5.92 Å². The highest BCUT2D eigenvalue weighted by Crippen LogP contribution is 2.44. The maximum Gasteiger partial charge on any atom is 0.311 e. The van der Waals surface area contributed by atoms with Gasteiger partial charge in [-0.2, -0.15) is 0 Å². The molecule has 0 aliphatic heterocycles. The summed E-state index contributed by atoms with van der Waals surface area (Å²) >= 11 is 0. The van der Waals surface area contributed by atoms with Crippen LogP contribution in [0.2, 0.25) is 0 Å². The van der Waals surface area contributed by atoms with Crippen molar-refractivity contribution in [2.75, 3.05) is 0 Å². The molecule has 2 N–H and O–H groups in total. The Balaban J connectivity index is 2.00. The average Bonchev–Trinajstić information content (AvgIpc) is 3.34. The molecule has 0 saturated heterocycles. The van der Waals surface area contributed by atoms with Crippen molar-refractivity contribution < 1.29 is 33.0 Å². The zero-order valence-electron chi connectivity index (χ0n) is 16.7. The van der Waals surface area contributed by atoms with Crippen molar-refractivity contribution in [3.63, 3.8) is 0 Å². The molecule has 2 aromatic carbocycles. The molecule has 31 heavy (non-hydrogen) atoms. The second-order valence-electron chi connectivity index (χ2n) is 7.92. The maximum atomic E-state index is 15.1. The Morgan fingerprint density at radius 1 is 1.06 bits per heavy atom. The van der Waals surface area contributed by atoms with Crippen LogP contribution >= 0.6 is 0 Å². The van der Waals surface area contributed by atoms with Gasteiger partial charge in [0.05, 0.1) is 11.4 Å². The number of rotatable bonds is 4. The second kappa shape index (κ2) is 7.76. The van der Waals surface area contributed by atoms with E-state index in [1.807, 2.05) is 0 Å². The summed E-state index contributed by atoms with van der Waals surface area (Å²) in [6.07, 6.45) is 3.02. The van der Waals surface area contributed by atoms with Gasteiger partial charge in [0, 0.05) is 16.6 Å². The Morgan fingerprint density at radius 2 is 1.74 bits per heavy atom. The summed E-state index contributed by atoms with van der Waals surface area (Å²) in [5.41, 5.74) is 0.195. The van der Waals surface area contributed by atoms with Crippen molar-refractivity contribution in [3.8, 4) is 5.75 Å². The van der Waals surface area contributed by atoms with E-state index in [2.05, 4.69) is 0 Å². The first-order valence-electron chi connectivity index (χ1n) is 9.97. The van der Waals surface area contributed by atoms with Crippen LogP contribution in [0, 0.1) is 30.3 Å². The van der Waals surface area contributed by atoms with Crippen molar-refractivity contribution in [1.82, 2.24) is 4.57 Å². The molecule has 1 atom stereocenters. The number of hydrogen-bond acceptors (Lipinski definition) is 3. The smallest absolute Gasteiger partial charge is 0.311 e. The van der Waals surface area contributed by atoms with Crippen LogP contribution in [0.25, 0.3) is 10.9 Å². The third-order valence-corrected chi connectivity index (χ3v) is 6.15. The highest BCUT2D eigenvalue weighted by atomic mass is 19.2. The number of fused-ring (bicyclic) bond motifs is 1. The van der Waals surface area contributed by atoms with Crippen LogP contribution in [0.15, 0.2) is 30.3 Å². The summed E-state index contributed by atoms with van der Waals surface area (Å²) in [5, 5.41) is 19.8. The lowest BCUT2D eigenvalue weighted by molar-refractivity contribution is -0.140. The second-order valence-corrected chi connectivity index (χ2v) is 7.92. The SMILES string of the molecule is Cc1c(C(C(=O)O)C2CCCC2)c2c(F)c(O)ccc2n1C(=O)c1ccc(F)c(F)c1. The minimum Gasteiger partial charge on any atom is -0.505 e. The van der Waals surface area contributed by atoms with E-state index in [0.717, 1.165) is 41.7 Å². The molecule has 1 aliphatic carbocycles. The molecule has 1 aliphatic rings. The molecule has 1 fully saturated rings. The van der Waals surface area contributed by atoms with Crippen molar-refractivity contribution in [2.45, 2.75) is 38.5 Å². The van der Waals surface area contributed by atoms with E-state index < -0.39 is 41.0 Å². The Bertz CT molecular complexity index is 1210. The molecule has 0 spiro atoms. The maximum absolute atomic E-state index is 15.1. The van der Waals surface area contributed by atoms with E-state index in [1.54, 1.807) is 0 Å². The Labute approximate surface area is 175 Å². The van der Waals surface area contributed by atoms with E-state index in [1.165, 1.54) is 13.0 Å². The van der Waals surface area contributed by atoms with Gasteiger partial charge >= 0.3 is 5.97 Å². The minimum absolute atomic E-state index is 0.0572. The van der Waals surface area contributed by atoms with Gasteiger partial charge in [-0.25, -0.2) is 13.2 Å². The molecule has 0 amide bonds. The normalized spacial score (nSPS) is 15.5. The predicted molar refractivity (Wildman–Crippen MR) is 107 cm³/mol.